The molecule has 0 nitrogen and oxygen atoms in total. The number of aryl methyl sites for hydroxylation is 1. The minimum atomic E-state index is -0.164. The molecule has 4 rings (SSSR count). The number of hydrogen-bond donors (Lipinski definition) is 0. The fraction of sp³-hybridized carbons (Fsp3) is 0.824. The standard InChI is InChI=1S/C34H55F/c1-2-6-27-10-18-31(19-11-27)33-22-14-29(15-23-33)8-9-30-16-24-34(25-17-30)32-20-12-28(13-21-32)7-4-3-5-26-35/h12-13,20-21,27,29-31,33-34H,2-11,14-19,22-26H2,1H3/t27-,29-,30-,31-,33-,34-. The normalized spacial score (nSPS) is 31.9. The summed E-state index contributed by atoms with van der Waals surface area (Å²) in [5, 5.41) is 0. The minimum Gasteiger partial charge on any atom is -0.251 e. The summed E-state index contributed by atoms with van der Waals surface area (Å²) in [7, 11) is 0. The Morgan fingerprint density at radius 1 is 0.600 bits per heavy atom. The second kappa shape index (κ2) is 14.8. The molecule has 0 spiro atoms. The van der Waals surface area contributed by atoms with Crippen LogP contribution in [0.25, 0.3) is 0 Å². The lowest BCUT2D eigenvalue weighted by Crippen LogP contribution is -2.26. The molecule has 0 bridgehead atoms. The van der Waals surface area contributed by atoms with E-state index in [1.54, 1.807) is 31.2 Å². The highest BCUT2D eigenvalue weighted by Crippen LogP contribution is 2.44. The smallest absolute Gasteiger partial charge is 0.0894 e. The van der Waals surface area contributed by atoms with E-state index < -0.39 is 0 Å². The molecule has 0 heterocycles. The van der Waals surface area contributed by atoms with Gasteiger partial charge in [-0.25, -0.2) is 0 Å². The quantitative estimate of drug-likeness (QED) is 0.260. The van der Waals surface area contributed by atoms with E-state index in [9.17, 15) is 4.39 Å². The molecule has 0 saturated heterocycles. The number of rotatable bonds is 12. The Kier molecular flexibility index (Phi) is 11.5. The molecule has 3 aliphatic rings. The van der Waals surface area contributed by atoms with Crippen LogP contribution in [0, 0.1) is 29.6 Å². The van der Waals surface area contributed by atoms with Gasteiger partial charge in [-0.15, -0.1) is 0 Å². The Balaban J connectivity index is 1.08. The molecule has 0 N–H and O–H groups in total. The van der Waals surface area contributed by atoms with Crippen molar-refractivity contribution >= 4 is 0 Å². The maximum atomic E-state index is 12.3. The highest BCUT2D eigenvalue weighted by atomic mass is 19.1. The molecule has 0 aliphatic heterocycles. The number of alkyl halides is 1. The summed E-state index contributed by atoms with van der Waals surface area (Å²) in [5.74, 6) is 6.03. The first kappa shape index (κ1) is 27.2. The highest BCUT2D eigenvalue weighted by Gasteiger charge is 2.31. The van der Waals surface area contributed by atoms with Gasteiger partial charge in [-0.1, -0.05) is 89.0 Å². The van der Waals surface area contributed by atoms with E-state index in [0.717, 1.165) is 61.2 Å². The topological polar surface area (TPSA) is 0 Å². The summed E-state index contributed by atoms with van der Waals surface area (Å²) in [5.41, 5.74) is 3.00. The van der Waals surface area contributed by atoms with Gasteiger partial charge in [-0.3, -0.25) is 4.39 Å². The van der Waals surface area contributed by atoms with Gasteiger partial charge in [0.1, 0.15) is 0 Å². The number of halogens is 1. The van der Waals surface area contributed by atoms with Crippen LogP contribution >= 0.6 is 0 Å². The van der Waals surface area contributed by atoms with E-state index >= 15 is 0 Å². The molecule has 35 heavy (non-hydrogen) atoms. The van der Waals surface area contributed by atoms with Gasteiger partial charge in [0.15, 0.2) is 0 Å². The van der Waals surface area contributed by atoms with Crippen molar-refractivity contribution in [1.82, 2.24) is 0 Å². The minimum absolute atomic E-state index is 0.164. The first-order chi connectivity index (χ1) is 17.2. The van der Waals surface area contributed by atoms with Gasteiger partial charge in [0.05, 0.1) is 6.67 Å². The second-order valence-corrected chi connectivity index (χ2v) is 12.9. The molecular formula is C34H55F. The van der Waals surface area contributed by atoms with Crippen LogP contribution in [0.1, 0.15) is 146 Å². The van der Waals surface area contributed by atoms with Gasteiger partial charge >= 0.3 is 0 Å². The average Bonchev–Trinajstić information content (AvgIpc) is 2.92. The molecule has 198 valence electrons. The maximum Gasteiger partial charge on any atom is 0.0894 e. The fourth-order valence-electron chi connectivity index (χ4n) is 8.12. The van der Waals surface area contributed by atoms with Crippen molar-refractivity contribution in [3.8, 4) is 0 Å². The number of benzene rings is 1. The predicted octanol–water partition coefficient (Wildman–Crippen LogP) is 10.8. The van der Waals surface area contributed by atoms with Crippen LogP contribution in [0.5, 0.6) is 0 Å². The van der Waals surface area contributed by atoms with E-state index in [-0.39, 0.29) is 6.67 Å². The highest BCUT2D eigenvalue weighted by molar-refractivity contribution is 5.26. The molecular weight excluding hydrogens is 427 g/mol. The first-order valence-electron chi connectivity index (χ1n) is 15.9. The van der Waals surface area contributed by atoms with E-state index in [1.807, 2.05) is 0 Å². The molecule has 1 heteroatoms. The zero-order valence-corrected chi connectivity index (χ0v) is 23.0. The predicted molar refractivity (Wildman–Crippen MR) is 150 cm³/mol. The van der Waals surface area contributed by atoms with Crippen LogP contribution in [-0.4, -0.2) is 6.67 Å². The van der Waals surface area contributed by atoms with Gasteiger partial charge in [0.2, 0.25) is 0 Å². The van der Waals surface area contributed by atoms with Gasteiger partial charge in [0, 0.05) is 0 Å². The van der Waals surface area contributed by atoms with Crippen LogP contribution in [-0.2, 0) is 6.42 Å². The first-order valence-corrected chi connectivity index (χ1v) is 15.9. The van der Waals surface area contributed by atoms with Crippen LogP contribution in [0.15, 0.2) is 24.3 Å². The van der Waals surface area contributed by atoms with E-state index in [2.05, 4.69) is 31.2 Å². The van der Waals surface area contributed by atoms with Crippen LogP contribution in [0.2, 0.25) is 0 Å². The molecule has 0 amide bonds. The third-order valence-corrected chi connectivity index (χ3v) is 10.5. The van der Waals surface area contributed by atoms with E-state index in [1.165, 1.54) is 82.6 Å². The summed E-state index contributed by atoms with van der Waals surface area (Å²) >= 11 is 0. The molecule has 3 fully saturated rings. The summed E-state index contributed by atoms with van der Waals surface area (Å²) in [4.78, 5) is 0. The Bertz CT molecular complexity index is 669. The molecule has 0 radical (unpaired) electrons. The third-order valence-electron chi connectivity index (χ3n) is 10.5. The van der Waals surface area contributed by atoms with Gasteiger partial charge < -0.3 is 0 Å². The molecule has 1 aromatic rings. The molecule has 1 aromatic carbocycles. The maximum absolute atomic E-state index is 12.3. The lowest BCUT2D eigenvalue weighted by molar-refractivity contribution is 0.137. The molecule has 0 aromatic heterocycles. The van der Waals surface area contributed by atoms with Crippen LogP contribution in [0.4, 0.5) is 4.39 Å². The van der Waals surface area contributed by atoms with Crippen LogP contribution < -0.4 is 0 Å². The van der Waals surface area contributed by atoms with Crippen molar-refractivity contribution in [2.45, 2.75) is 141 Å². The lowest BCUT2D eigenvalue weighted by atomic mass is 9.68. The summed E-state index contributed by atoms with van der Waals surface area (Å²) < 4.78 is 12.3. The van der Waals surface area contributed by atoms with E-state index in [0.29, 0.717) is 0 Å². The molecule has 0 atom stereocenters. The lowest BCUT2D eigenvalue weighted by Gasteiger charge is -2.38. The Hall–Kier alpha value is -0.850. The van der Waals surface area contributed by atoms with Crippen molar-refractivity contribution in [2.24, 2.45) is 29.6 Å². The summed E-state index contributed by atoms with van der Waals surface area (Å²) in [6.45, 7) is 2.20. The van der Waals surface area contributed by atoms with Crippen molar-refractivity contribution in [3.63, 3.8) is 0 Å². The molecule has 3 aliphatic carbocycles. The fourth-order valence-corrected chi connectivity index (χ4v) is 8.12. The van der Waals surface area contributed by atoms with Crippen LogP contribution in [0.3, 0.4) is 0 Å². The van der Waals surface area contributed by atoms with Gasteiger partial charge in [-0.2, -0.15) is 0 Å². The molecule has 3 saturated carbocycles. The largest absolute Gasteiger partial charge is 0.251 e. The summed E-state index contributed by atoms with van der Waals surface area (Å²) in [6.07, 6.45) is 27.9. The van der Waals surface area contributed by atoms with Crippen molar-refractivity contribution in [3.05, 3.63) is 35.4 Å². The zero-order valence-electron chi connectivity index (χ0n) is 23.0. The monoisotopic (exact) mass is 482 g/mol. The van der Waals surface area contributed by atoms with Crippen molar-refractivity contribution < 1.29 is 4.39 Å². The zero-order chi connectivity index (χ0) is 24.3. The SMILES string of the molecule is CCC[C@H]1CC[C@H]([C@H]2CC[C@H](CC[C@H]3CC[C@H](c4ccc(CCCCCF)cc4)CC3)CC2)CC1. The van der Waals surface area contributed by atoms with E-state index in [4.69, 9.17) is 0 Å². The Morgan fingerprint density at radius 2 is 1.11 bits per heavy atom. The number of unbranched alkanes of at least 4 members (excludes halogenated alkanes) is 2. The third kappa shape index (κ3) is 8.60. The Labute approximate surface area is 217 Å². The second-order valence-electron chi connectivity index (χ2n) is 12.9. The number of hydrogen-bond acceptors (Lipinski definition) is 0. The van der Waals surface area contributed by atoms with Gasteiger partial charge in [0.25, 0.3) is 0 Å². The summed E-state index contributed by atoms with van der Waals surface area (Å²) in [6, 6.07) is 9.46. The van der Waals surface area contributed by atoms with Gasteiger partial charge in [-0.05, 0) is 117 Å². The average molecular weight is 483 g/mol. The Morgan fingerprint density at radius 3 is 1.63 bits per heavy atom. The van der Waals surface area contributed by atoms with Crippen molar-refractivity contribution in [2.75, 3.05) is 6.67 Å². The van der Waals surface area contributed by atoms with Crippen molar-refractivity contribution in [1.29, 1.82) is 0 Å². The molecule has 0 unspecified atom stereocenters.